The number of carbonyl (C=O) groups excluding carboxylic acids is 1. The van der Waals surface area contributed by atoms with Gasteiger partial charge in [-0.15, -0.1) is 5.10 Å². The lowest BCUT2D eigenvalue weighted by Gasteiger charge is -2.18. The number of hydrogen-bond donors (Lipinski definition) is 0. The maximum Gasteiger partial charge on any atom is 0.337 e. The molecule has 1 aromatic rings. The molecule has 0 bridgehead atoms. The van der Waals surface area contributed by atoms with Crippen molar-refractivity contribution in [2.24, 2.45) is 5.92 Å². The molecule has 1 heterocycles. The summed E-state index contributed by atoms with van der Waals surface area (Å²) in [4.78, 5) is 17.7. The van der Waals surface area contributed by atoms with E-state index in [0.717, 1.165) is 30.5 Å². The maximum atomic E-state index is 11.6. The van der Waals surface area contributed by atoms with Crippen molar-refractivity contribution >= 4 is 5.97 Å². The highest BCUT2D eigenvalue weighted by Crippen LogP contribution is 2.23. The zero-order valence-corrected chi connectivity index (χ0v) is 7.98. The topological polar surface area (TPSA) is 44.1 Å². The summed E-state index contributed by atoms with van der Waals surface area (Å²) >= 11 is 0. The second-order valence-electron chi connectivity index (χ2n) is 3.59. The zero-order chi connectivity index (χ0) is 10.7. The van der Waals surface area contributed by atoms with Crippen molar-refractivity contribution in [3.05, 3.63) is 18.4 Å². The first-order valence-electron chi connectivity index (χ1n) is 5.50. The van der Waals surface area contributed by atoms with Crippen molar-refractivity contribution < 1.29 is 11.0 Å². The van der Waals surface area contributed by atoms with E-state index in [1.807, 2.05) is 0 Å². The van der Waals surface area contributed by atoms with Crippen molar-refractivity contribution in [2.45, 2.75) is 32.1 Å². The van der Waals surface area contributed by atoms with E-state index in [-0.39, 0.29) is 18.1 Å². The number of carbonyl (C=O) groups is 1. The van der Waals surface area contributed by atoms with Gasteiger partial charge in [0.1, 0.15) is 0 Å². The van der Waals surface area contributed by atoms with Gasteiger partial charge in [-0.2, -0.15) is 0 Å². The van der Waals surface area contributed by atoms with E-state index >= 15 is 0 Å². The van der Waals surface area contributed by atoms with Crippen LogP contribution >= 0.6 is 0 Å². The molecule has 14 heavy (non-hydrogen) atoms. The summed E-state index contributed by atoms with van der Waals surface area (Å²) in [6, 6.07) is 1.48. The summed E-state index contributed by atoms with van der Waals surface area (Å²) in [5.74, 6) is -0.213. The Kier molecular flexibility index (Phi) is 2.44. The van der Waals surface area contributed by atoms with Crippen LogP contribution in [0, 0.1) is 5.92 Å². The Labute approximate surface area is 84.2 Å². The average Bonchev–Trinajstić information content (AvgIpc) is 2.65. The highest BCUT2D eigenvalue weighted by molar-refractivity contribution is 5.72. The molecule has 0 aliphatic heterocycles. The van der Waals surface area contributed by atoms with Crippen LogP contribution in [0.3, 0.4) is 0 Å². The summed E-state index contributed by atoms with van der Waals surface area (Å²) < 4.78 is 7.18. The van der Waals surface area contributed by atoms with Crippen LogP contribution in [0.2, 0.25) is 0 Å². The van der Waals surface area contributed by atoms with Gasteiger partial charge >= 0.3 is 5.97 Å². The van der Waals surface area contributed by atoms with E-state index in [0.29, 0.717) is 0 Å². The van der Waals surface area contributed by atoms with Crippen LogP contribution in [0.5, 0.6) is 0 Å². The number of aromatic nitrogens is 2. The fraction of sp³-hybridized carbons (Fsp3) is 0.600. The van der Waals surface area contributed by atoms with Crippen molar-refractivity contribution in [3.63, 3.8) is 0 Å². The number of nitrogens with zero attached hydrogens (tertiary/aromatic N) is 2. The highest BCUT2D eigenvalue weighted by atomic mass is 16.7. The standard InChI is InChI=1S/C10H14N2O2/c13-10(9-5-2-1-3-6-9)14-12-8-4-7-11-12/h4,7-9H,1-3,5-6H2/i7D. The second kappa shape index (κ2) is 4.26. The minimum Gasteiger partial charge on any atom is -0.319 e. The van der Waals surface area contributed by atoms with Gasteiger partial charge in [-0.1, -0.05) is 24.1 Å². The minimum absolute atomic E-state index is 0.0112. The lowest BCUT2D eigenvalue weighted by atomic mass is 9.89. The van der Waals surface area contributed by atoms with Crippen LogP contribution in [-0.2, 0) is 4.79 Å². The summed E-state index contributed by atoms with van der Waals surface area (Å²) in [6.45, 7) is 0. The molecule has 1 aliphatic rings. The van der Waals surface area contributed by atoms with Gasteiger partial charge in [0.25, 0.3) is 0 Å². The van der Waals surface area contributed by atoms with Gasteiger partial charge in [-0.05, 0) is 18.9 Å². The lowest BCUT2D eigenvalue weighted by molar-refractivity contribution is -0.151. The predicted molar refractivity (Wildman–Crippen MR) is 50.4 cm³/mol. The van der Waals surface area contributed by atoms with Gasteiger partial charge < -0.3 is 4.84 Å². The Bertz CT molecular complexity index is 345. The van der Waals surface area contributed by atoms with Crippen molar-refractivity contribution in [3.8, 4) is 0 Å². The molecule has 0 atom stereocenters. The van der Waals surface area contributed by atoms with E-state index in [9.17, 15) is 4.79 Å². The molecule has 1 saturated carbocycles. The smallest absolute Gasteiger partial charge is 0.319 e. The third kappa shape index (κ3) is 2.13. The van der Waals surface area contributed by atoms with Gasteiger partial charge in [0.15, 0.2) is 0 Å². The van der Waals surface area contributed by atoms with E-state index < -0.39 is 0 Å². The molecular weight excluding hydrogens is 180 g/mol. The van der Waals surface area contributed by atoms with Crippen LogP contribution in [0.25, 0.3) is 0 Å². The minimum atomic E-state index is -0.224. The first-order valence-corrected chi connectivity index (χ1v) is 5.00. The summed E-state index contributed by atoms with van der Waals surface area (Å²) in [6.07, 6.45) is 6.81. The molecule has 2 rings (SSSR count). The Morgan fingerprint density at radius 3 is 2.93 bits per heavy atom. The Balaban J connectivity index is 1.91. The van der Waals surface area contributed by atoms with Gasteiger partial charge in [0.05, 0.1) is 19.7 Å². The molecule has 4 heteroatoms. The van der Waals surface area contributed by atoms with Crippen LogP contribution in [0.4, 0.5) is 0 Å². The number of hydrogen-bond acceptors (Lipinski definition) is 3. The van der Waals surface area contributed by atoms with E-state index in [1.54, 1.807) is 0 Å². The molecule has 0 radical (unpaired) electrons. The quantitative estimate of drug-likeness (QED) is 0.716. The molecule has 0 aromatic carbocycles. The Morgan fingerprint density at radius 1 is 1.50 bits per heavy atom. The van der Waals surface area contributed by atoms with Gasteiger partial charge in [-0.25, -0.2) is 4.79 Å². The van der Waals surface area contributed by atoms with Crippen molar-refractivity contribution in [2.75, 3.05) is 0 Å². The van der Waals surface area contributed by atoms with E-state index in [1.165, 1.54) is 18.7 Å². The van der Waals surface area contributed by atoms with Crippen LogP contribution < -0.4 is 4.84 Å². The summed E-state index contributed by atoms with van der Waals surface area (Å²) in [5, 5.41) is 3.69. The zero-order valence-electron chi connectivity index (χ0n) is 8.98. The summed E-state index contributed by atoms with van der Waals surface area (Å²) in [7, 11) is 0. The Hall–Kier alpha value is -1.32. The van der Waals surface area contributed by atoms with Crippen LogP contribution in [0.15, 0.2) is 18.4 Å². The van der Waals surface area contributed by atoms with E-state index in [4.69, 9.17) is 6.21 Å². The predicted octanol–water partition coefficient (Wildman–Crippen LogP) is 1.42. The first-order chi connectivity index (χ1) is 7.25. The molecule has 1 aromatic heterocycles. The molecule has 76 valence electrons. The molecule has 0 saturated heterocycles. The van der Waals surface area contributed by atoms with Crippen molar-refractivity contribution in [1.29, 1.82) is 0 Å². The van der Waals surface area contributed by atoms with E-state index in [2.05, 4.69) is 5.10 Å². The molecule has 4 nitrogen and oxygen atoms in total. The SMILES string of the molecule is [2H]c1ccn(OC(=O)C2CCCCC2)n1. The molecule has 0 unspecified atom stereocenters. The van der Waals surface area contributed by atoms with Crippen LogP contribution in [-0.4, -0.2) is 15.9 Å². The van der Waals surface area contributed by atoms with Gasteiger partial charge in [-0.3, -0.25) is 0 Å². The molecule has 1 fully saturated rings. The molecular formula is C10H14N2O2. The second-order valence-corrected chi connectivity index (χ2v) is 3.59. The van der Waals surface area contributed by atoms with Crippen LogP contribution in [0.1, 0.15) is 33.5 Å². The average molecular weight is 195 g/mol. The van der Waals surface area contributed by atoms with Gasteiger partial charge in [0, 0.05) is 0 Å². The third-order valence-electron chi connectivity index (χ3n) is 2.55. The molecule has 0 amide bonds. The fourth-order valence-corrected chi connectivity index (χ4v) is 1.78. The third-order valence-corrected chi connectivity index (χ3v) is 2.55. The van der Waals surface area contributed by atoms with Gasteiger partial charge in [0.2, 0.25) is 0 Å². The molecule has 0 spiro atoms. The summed E-state index contributed by atoms with van der Waals surface area (Å²) in [5.41, 5.74) is 0. The highest BCUT2D eigenvalue weighted by Gasteiger charge is 2.23. The largest absolute Gasteiger partial charge is 0.337 e. The normalized spacial score (nSPS) is 19.0. The monoisotopic (exact) mass is 195 g/mol. The fourth-order valence-electron chi connectivity index (χ4n) is 1.78. The lowest BCUT2D eigenvalue weighted by Crippen LogP contribution is -2.28. The molecule has 0 N–H and O–H groups in total. The first kappa shape index (κ1) is 8.03. The number of rotatable bonds is 2. The molecule has 1 aliphatic carbocycles. The van der Waals surface area contributed by atoms with Crippen molar-refractivity contribution in [1.82, 2.24) is 9.94 Å². The maximum absolute atomic E-state index is 11.6. The Morgan fingerprint density at radius 2 is 2.29 bits per heavy atom.